The fraction of sp³-hybridized carbons (Fsp3) is 0.227. The third kappa shape index (κ3) is 3.09. The second kappa shape index (κ2) is 7.18. The van der Waals surface area contributed by atoms with Crippen LogP contribution in [0.5, 0.6) is 0 Å². The molecule has 0 spiro atoms. The van der Waals surface area contributed by atoms with Crippen LogP contribution >= 0.6 is 0 Å². The molecule has 0 bridgehead atoms. The fourth-order valence-corrected chi connectivity index (χ4v) is 4.12. The number of primary amides is 1. The number of benzene rings is 2. The summed E-state index contributed by atoms with van der Waals surface area (Å²) in [6.07, 6.45) is 1.59. The van der Waals surface area contributed by atoms with Crippen LogP contribution in [0.15, 0.2) is 65.3 Å². The highest BCUT2D eigenvalue weighted by molar-refractivity contribution is 6.05. The van der Waals surface area contributed by atoms with Gasteiger partial charge in [0.25, 0.3) is 0 Å². The Morgan fingerprint density at radius 3 is 2.45 bits per heavy atom. The number of hydrogen-bond acceptors (Lipinski definition) is 6. The number of anilines is 1. The van der Waals surface area contributed by atoms with Crippen LogP contribution in [0.3, 0.4) is 0 Å². The standard InChI is InChI=1S/C22H21N5O2/c23-21(28)19(15-6-2-1-3-7-15)26-10-12-27(13-11-26)22-20-18(24-14-25-22)16-8-4-5-9-17(16)29-20/h1-9,14,19H,10-13H2,(H2,23,28)/t19-/m1/s1. The van der Waals surface area contributed by atoms with Crippen LogP contribution in [0.25, 0.3) is 22.1 Å². The molecular weight excluding hydrogens is 366 g/mol. The van der Waals surface area contributed by atoms with Gasteiger partial charge in [0.2, 0.25) is 5.91 Å². The molecule has 1 amide bonds. The van der Waals surface area contributed by atoms with Crippen LogP contribution in [0.4, 0.5) is 5.82 Å². The molecule has 2 aromatic carbocycles. The van der Waals surface area contributed by atoms with E-state index in [4.69, 9.17) is 10.2 Å². The van der Waals surface area contributed by atoms with Crippen molar-refractivity contribution in [1.29, 1.82) is 0 Å². The molecule has 0 radical (unpaired) electrons. The Balaban J connectivity index is 1.41. The first-order valence-electron chi connectivity index (χ1n) is 9.68. The molecule has 2 aromatic heterocycles. The molecule has 1 atom stereocenters. The van der Waals surface area contributed by atoms with Crippen molar-refractivity contribution >= 4 is 33.8 Å². The number of carbonyl (C=O) groups is 1. The van der Waals surface area contributed by atoms with E-state index < -0.39 is 6.04 Å². The summed E-state index contributed by atoms with van der Waals surface area (Å²) in [4.78, 5) is 25.4. The first-order chi connectivity index (χ1) is 14.2. The van der Waals surface area contributed by atoms with Crippen molar-refractivity contribution in [2.75, 3.05) is 31.1 Å². The second-order valence-electron chi connectivity index (χ2n) is 7.21. The third-order valence-electron chi connectivity index (χ3n) is 5.50. The van der Waals surface area contributed by atoms with Crippen molar-refractivity contribution in [2.24, 2.45) is 5.73 Å². The number of nitrogens with zero attached hydrogens (tertiary/aromatic N) is 4. The van der Waals surface area contributed by atoms with Gasteiger partial charge in [-0.3, -0.25) is 9.69 Å². The number of furan rings is 1. The van der Waals surface area contributed by atoms with Crippen molar-refractivity contribution in [3.8, 4) is 0 Å². The average Bonchev–Trinajstić information content (AvgIpc) is 3.14. The molecule has 1 aliphatic heterocycles. The van der Waals surface area contributed by atoms with E-state index in [-0.39, 0.29) is 5.91 Å². The van der Waals surface area contributed by atoms with Crippen LogP contribution in [0, 0.1) is 0 Å². The van der Waals surface area contributed by atoms with E-state index in [0.717, 1.165) is 41.0 Å². The number of rotatable bonds is 4. The molecule has 7 nitrogen and oxygen atoms in total. The zero-order chi connectivity index (χ0) is 19.8. The lowest BCUT2D eigenvalue weighted by Gasteiger charge is -2.38. The highest BCUT2D eigenvalue weighted by atomic mass is 16.3. The summed E-state index contributed by atoms with van der Waals surface area (Å²) in [6, 6.07) is 17.1. The summed E-state index contributed by atoms with van der Waals surface area (Å²) in [6.45, 7) is 2.85. The largest absolute Gasteiger partial charge is 0.450 e. The summed E-state index contributed by atoms with van der Waals surface area (Å²) >= 11 is 0. The van der Waals surface area contributed by atoms with Gasteiger partial charge in [-0.05, 0) is 17.7 Å². The van der Waals surface area contributed by atoms with Gasteiger partial charge < -0.3 is 15.1 Å². The van der Waals surface area contributed by atoms with E-state index in [1.807, 2.05) is 54.6 Å². The maximum Gasteiger partial charge on any atom is 0.239 e. The van der Waals surface area contributed by atoms with E-state index in [1.54, 1.807) is 6.33 Å². The van der Waals surface area contributed by atoms with Gasteiger partial charge >= 0.3 is 0 Å². The summed E-state index contributed by atoms with van der Waals surface area (Å²) in [7, 11) is 0. The lowest BCUT2D eigenvalue weighted by molar-refractivity contribution is -0.123. The van der Waals surface area contributed by atoms with Gasteiger partial charge in [-0.1, -0.05) is 42.5 Å². The molecule has 0 aliphatic carbocycles. The monoisotopic (exact) mass is 387 g/mol. The van der Waals surface area contributed by atoms with Gasteiger partial charge in [0.15, 0.2) is 11.4 Å². The SMILES string of the molecule is NC(=O)[C@@H](c1ccccc1)N1CCN(c2ncnc3c2oc2ccccc23)CC1. The molecule has 2 N–H and O–H groups in total. The maximum atomic E-state index is 12.2. The lowest BCUT2D eigenvalue weighted by Crippen LogP contribution is -2.50. The van der Waals surface area contributed by atoms with E-state index >= 15 is 0 Å². The Morgan fingerprint density at radius 1 is 0.966 bits per heavy atom. The number of nitrogens with two attached hydrogens (primary N) is 1. The topological polar surface area (TPSA) is 88.5 Å². The number of aromatic nitrogens is 2. The van der Waals surface area contributed by atoms with Crippen molar-refractivity contribution in [2.45, 2.75) is 6.04 Å². The number of amides is 1. The summed E-state index contributed by atoms with van der Waals surface area (Å²) < 4.78 is 6.06. The molecule has 5 rings (SSSR count). The van der Waals surface area contributed by atoms with E-state index in [2.05, 4.69) is 19.8 Å². The van der Waals surface area contributed by atoms with Gasteiger partial charge in [0.1, 0.15) is 23.5 Å². The maximum absolute atomic E-state index is 12.2. The normalized spacial score (nSPS) is 16.3. The number of piperazine rings is 1. The molecule has 0 unspecified atom stereocenters. The Kier molecular flexibility index (Phi) is 4.37. The molecule has 1 saturated heterocycles. The van der Waals surface area contributed by atoms with Crippen LogP contribution in [0.1, 0.15) is 11.6 Å². The van der Waals surface area contributed by atoms with Gasteiger partial charge in [-0.2, -0.15) is 0 Å². The highest BCUT2D eigenvalue weighted by Gasteiger charge is 2.30. The molecule has 1 fully saturated rings. The minimum atomic E-state index is -0.421. The zero-order valence-electron chi connectivity index (χ0n) is 15.9. The van der Waals surface area contributed by atoms with E-state index in [0.29, 0.717) is 18.7 Å². The van der Waals surface area contributed by atoms with Crippen molar-refractivity contribution < 1.29 is 9.21 Å². The molecule has 29 heavy (non-hydrogen) atoms. The summed E-state index contributed by atoms with van der Waals surface area (Å²) in [5.74, 6) is 0.465. The average molecular weight is 387 g/mol. The Hall–Kier alpha value is -3.45. The van der Waals surface area contributed by atoms with Crippen LogP contribution < -0.4 is 10.6 Å². The van der Waals surface area contributed by atoms with E-state index in [1.165, 1.54) is 0 Å². The van der Waals surface area contributed by atoms with Gasteiger partial charge in [0, 0.05) is 31.6 Å². The molecule has 146 valence electrons. The van der Waals surface area contributed by atoms with Gasteiger partial charge in [-0.15, -0.1) is 0 Å². The van der Waals surface area contributed by atoms with Crippen molar-refractivity contribution in [1.82, 2.24) is 14.9 Å². The number of para-hydroxylation sites is 1. The number of fused-ring (bicyclic) bond motifs is 3. The highest BCUT2D eigenvalue weighted by Crippen LogP contribution is 2.33. The molecule has 7 heteroatoms. The molecule has 0 saturated carbocycles. The third-order valence-corrected chi connectivity index (χ3v) is 5.50. The zero-order valence-corrected chi connectivity index (χ0v) is 15.9. The Bertz CT molecular complexity index is 1170. The molecule has 4 aromatic rings. The summed E-state index contributed by atoms with van der Waals surface area (Å²) in [5.41, 5.74) is 9.00. The Morgan fingerprint density at radius 2 is 1.69 bits per heavy atom. The molecule has 3 heterocycles. The van der Waals surface area contributed by atoms with Crippen LogP contribution in [0.2, 0.25) is 0 Å². The van der Waals surface area contributed by atoms with Crippen LogP contribution in [-0.4, -0.2) is 47.0 Å². The predicted molar refractivity (Wildman–Crippen MR) is 111 cm³/mol. The second-order valence-corrected chi connectivity index (χ2v) is 7.21. The number of carbonyl (C=O) groups excluding carboxylic acids is 1. The van der Waals surface area contributed by atoms with E-state index in [9.17, 15) is 4.79 Å². The smallest absolute Gasteiger partial charge is 0.239 e. The summed E-state index contributed by atoms with van der Waals surface area (Å²) in [5, 5.41) is 0.989. The molecular formula is C22H21N5O2. The quantitative estimate of drug-likeness (QED) is 0.579. The molecule has 1 aliphatic rings. The van der Waals surface area contributed by atoms with Gasteiger partial charge in [-0.25, -0.2) is 9.97 Å². The minimum absolute atomic E-state index is 0.327. The first-order valence-corrected chi connectivity index (χ1v) is 9.68. The lowest BCUT2D eigenvalue weighted by atomic mass is 10.0. The van der Waals surface area contributed by atoms with Crippen molar-refractivity contribution in [3.05, 3.63) is 66.5 Å². The number of hydrogen-bond donors (Lipinski definition) is 1. The fourth-order valence-electron chi connectivity index (χ4n) is 4.12. The minimum Gasteiger partial charge on any atom is -0.450 e. The predicted octanol–water partition coefficient (Wildman–Crippen LogP) is 2.72. The first kappa shape index (κ1) is 17.6. The Labute approximate surface area is 167 Å². The van der Waals surface area contributed by atoms with Gasteiger partial charge in [0.05, 0.1) is 0 Å². The van der Waals surface area contributed by atoms with Crippen LogP contribution in [-0.2, 0) is 4.79 Å². The van der Waals surface area contributed by atoms with Crippen molar-refractivity contribution in [3.63, 3.8) is 0 Å².